The van der Waals surface area contributed by atoms with Gasteiger partial charge in [0.2, 0.25) is 5.91 Å². The second kappa shape index (κ2) is 18.3. The zero-order valence-corrected chi connectivity index (χ0v) is 27.9. The minimum absolute atomic E-state index is 0.0153. The number of rotatable bonds is 19. The van der Waals surface area contributed by atoms with Gasteiger partial charge in [0.1, 0.15) is 5.75 Å². The first kappa shape index (κ1) is 34.1. The van der Waals surface area contributed by atoms with Crippen molar-refractivity contribution in [2.45, 2.75) is 130 Å². The van der Waals surface area contributed by atoms with E-state index >= 15 is 0 Å². The van der Waals surface area contributed by atoms with Gasteiger partial charge in [0.25, 0.3) is 0 Å². The highest BCUT2D eigenvalue weighted by Crippen LogP contribution is 2.35. The lowest BCUT2D eigenvalue weighted by atomic mass is 9.84. The van der Waals surface area contributed by atoms with Crippen molar-refractivity contribution < 1.29 is 9.53 Å². The van der Waals surface area contributed by atoms with Crippen molar-refractivity contribution in [2.75, 3.05) is 17.8 Å². The maximum Gasteiger partial charge on any atom is 0.228 e. The average Bonchev–Trinajstić information content (AvgIpc) is 3.36. The van der Waals surface area contributed by atoms with Gasteiger partial charge in [-0.1, -0.05) is 129 Å². The number of amides is 1. The summed E-state index contributed by atoms with van der Waals surface area (Å²) in [5, 5.41) is 3.10. The molecule has 1 aliphatic heterocycles. The van der Waals surface area contributed by atoms with E-state index in [9.17, 15) is 4.79 Å². The van der Waals surface area contributed by atoms with Crippen LogP contribution in [-0.4, -0.2) is 23.3 Å². The van der Waals surface area contributed by atoms with Crippen molar-refractivity contribution in [1.82, 2.24) is 4.90 Å². The maximum atomic E-state index is 13.1. The molecule has 1 aliphatic rings. The summed E-state index contributed by atoms with van der Waals surface area (Å²) in [6.07, 6.45) is 18.5. The number of carbonyl (C=O) groups is 1. The lowest BCUT2D eigenvalue weighted by molar-refractivity contribution is -0.115. The molecule has 232 valence electrons. The van der Waals surface area contributed by atoms with Crippen LogP contribution in [0.25, 0.3) is 0 Å². The predicted octanol–water partition coefficient (Wildman–Crippen LogP) is 10.6. The van der Waals surface area contributed by atoms with E-state index in [1.165, 1.54) is 86.7 Å². The fourth-order valence-electron chi connectivity index (χ4n) is 5.52. The number of unbranched alkanes of at least 4 members (excludes halogenated alkanes) is 11. The highest BCUT2D eigenvalue weighted by molar-refractivity contribution is 8.03. The molecule has 0 aliphatic carbocycles. The molecule has 0 atom stereocenters. The van der Waals surface area contributed by atoms with Gasteiger partial charge in [0.05, 0.1) is 18.9 Å². The lowest BCUT2D eigenvalue weighted by Crippen LogP contribution is -2.19. The van der Waals surface area contributed by atoms with E-state index in [-0.39, 0.29) is 11.3 Å². The van der Waals surface area contributed by atoms with Crippen LogP contribution in [-0.2, 0) is 23.2 Å². The summed E-state index contributed by atoms with van der Waals surface area (Å²) in [5.74, 6) is 1.88. The summed E-state index contributed by atoms with van der Waals surface area (Å²) < 4.78 is 6.43. The SMILES string of the molecule is CCCCCCCCCCCCCCOc1c(CC(=O)Nc2ccc(CN3C=C(C)SC3)cc2)cccc1C(C)(C)C. The molecule has 0 fully saturated rings. The Bertz CT molecular complexity index is 1100. The molecule has 0 saturated heterocycles. The Labute approximate surface area is 261 Å². The summed E-state index contributed by atoms with van der Waals surface area (Å²) in [4.78, 5) is 16.8. The molecule has 2 aromatic carbocycles. The standard InChI is InChI=1S/C37H56N2O2S/c1-6-7-8-9-10-11-12-13-14-15-16-17-25-41-36-32(19-18-20-34(36)37(3,4)5)26-35(40)38-33-23-21-31(22-24-33)28-39-27-30(2)42-29-39/h18-24,27H,6-17,25-26,28-29H2,1-5H3,(H,38,40). The van der Waals surface area contributed by atoms with Gasteiger partial charge in [0.15, 0.2) is 0 Å². The van der Waals surface area contributed by atoms with E-state index in [1.807, 2.05) is 30.0 Å². The number of hydrogen-bond donors (Lipinski definition) is 1. The van der Waals surface area contributed by atoms with E-state index in [2.05, 4.69) is 75.3 Å². The first-order valence-corrected chi connectivity index (χ1v) is 17.4. The molecule has 1 heterocycles. The molecule has 0 bridgehead atoms. The smallest absolute Gasteiger partial charge is 0.228 e. The molecule has 0 saturated carbocycles. The fourth-order valence-corrected chi connectivity index (χ4v) is 6.28. The van der Waals surface area contributed by atoms with Gasteiger partial charge in [-0.05, 0) is 46.9 Å². The van der Waals surface area contributed by atoms with Crippen molar-refractivity contribution in [1.29, 1.82) is 0 Å². The molecule has 0 spiro atoms. The van der Waals surface area contributed by atoms with Gasteiger partial charge in [-0.3, -0.25) is 4.79 Å². The van der Waals surface area contributed by atoms with Gasteiger partial charge < -0.3 is 15.0 Å². The maximum absolute atomic E-state index is 13.1. The molecule has 4 nitrogen and oxygen atoms in total. The highest BCUT2D eigenvalue weighted by Gasteiger charge is 2.22. The highest BCUT2D eigenvalue weighted by atomic mass is 32.2. The largest absolute Gasteiger partial charge is 0.493 e. The van der Waals surface area contributed by atoms with Crippen LogP contribution in [0.5, 0.6) is 5.75 Å². The van der Waals surface area contributed by atoms with Crippen LogP contribution in [0.3, 0.4) is 0 Å². The van der Waals surface area contributed by atoms with E-state index in [1.54, 1.807) is 0 Å². The predicted molar refractivity (Wildman–Crippen MR) is 182 cm³/mol. The summed E-state index contributed by atoms with van der Waals surface area (Å²) >= 11 is 1.87. The number of thioether (sulfide) groups is 1. The van der Waals surface area contributed by atoms with Crippen molar-refractivity contribution in [3.8, 4) is 5.75 Å². The number of ether oxygens (including phenoxy) is 1. The summed E-state index contributed by atoms with van der Waals surface area (Å²) in [6.45, 7) is 12.6. The summed E-state index contributed by atoms with van der Waals surface area (Å²) in [7, 11) is 0. The van der Waals surface area contributed by atoms with Crippen molar-refractivity contribution in [2.24, 2.45) is 0 Å². The van der Waals surface area contributed by atoms with Crippen LogP contribution in [0.4, 0.5) is 5.69 Å². The molecule has 3 rings (SSSR count). The van der Waals surface area contributed by atoms with E-state index in [4.69, 9.17) is 4.74 Å². The third-order valence-corrected chi connectivity index (χ3v) is 8.97. The number of nitrogens with zero attached hydrogens (tertiary/aromatic N) is 1. The van der Waals surface area contributed by atoms with Gasteiger partial charge in [-0.15, -0.1) is 11.8 Å². The Kier molecular flexibility index (Phi) is 14.9. The third-order valence-electron chi connectivity index (χ3n) is 7.95. The van der Waals surface area contributed by atoms with Crippen LogP contribution in [0, 0.1) is 0 Å². The summed E-state index contributed by atoms with van der Waals surface area (Å²) in [5.41, 5.74) is 4.14. The van der Waals surface area contributed by atoms with E-state index < -0.39 is 0 Å². The number of anilines is 1. The summed E-state index contributed by atoms with van der Waals surface area (Å²) in [6, 6.07) is 14.5. The van der Waals surface area contributed by atoms with E-state index in [0.717, 1.165) is 35.8 Å². The number of hydrogen-bond acceptors (Lipinski definition) is 4. The molecule has 1 amide bonds. The van der Waals surface area contributed by atoms with Crippen LogP contribution in [0.1, 0.15) is 128 Å². The van der Waals surface area contributed by atoms with Crippen LogP contribution >= 0.6 is 11.8 Å². The van der Waals surface area contributed by atoms with Crippen molar-refractivity contribution in [3.63, 3.8) is 0 Å². The van der Waals surface area contributed by atoms with Gasteiger partial charge >= 0.3 is 0 Å². The molecular formula is C37H56N2O2S. The number of carbonyl (C=O) groups excluding carboxylic acids is 1. The number of nitrogens with one attached hydrogen (secondary N) is 1. The Morgan fingerprint density at radius 3 is 2.07 bits per heavy atom. The normalized spacial score (nSPS) is 13.4. The second-order valence-corrected chi connectivity index (χ2v) is 14.2. The topological polar surface area (TPSA) is 41.6 Å². The zero-order valence-electron chi connectivity index (χ0n) is 27.1. The van der Waals surface area contributed by atoms with Crippen LogP contribution < -0.4 is 10.1 Å². The molecule has 1 N–H and O–H groups in total. The Hall–Kier alpha value is -2.40. The zero-order chi connectivity index (χ0) is 30.2. The number of allylic oxidation sites excluding steroid dienone is 1. The fraction of sp³-hybridized carbons (Fsp3) is 0.595. The van der Waals surface area contributed by atoms with E-state index in [0.29, 0.717) is 13.0 Å². The monoisotopic (exact) mass is 592 g/mol. The van der Waals surface area contributed by atoms with Crippen molar-refractivity contribution in [3.05, 3.63) is 70.3 Å². The molecule has 0 unspecified atom stereocenters. The first-order valence-electron chi connectivity index (χ1n) is 16.5. The Morgan fingerprint density at radius 1 is 0.881 bits per heavy atom. The van der Waals surface area contributed by atoms with Gasteiger partial charge in [-0.25, -0.2) is 0 Å². The van der Waals surface area contributed by atoms with Crippen LogP contribution in [0.2, 0.25) is 0 Å². The minimum Gasteiger partial charge on any atom is -0.493 e. The Balaban J connectivity index is 1.44. The average molecular weight is 593 g/mol. The molecule has 0 aromatic heterocycles. The second-order valence-electron chi connectivity index (χ2n) is 13.0. The minimum atomic E-state index is -0.0598. The molecule has 5 heteroatoms. The number of para-hydroxylation sites is 1. The Morgan fingerprint density at radius 2 is 1.50 bits per heavy atom. The first-order chi connectivity index (χ1) is 20.3. The lowest BCUT2D eigenvalue weighted by Gasteiger charge is -2.25. The third kappa shape index (κ3) is 12.5. The molecule has 42 heavy (non-hydrogen) atoms. The van der Waals surface area contributed by atoms with Crippen LogP contribution in [0.15, 0.2) is 53.6 Å². The molecule has 2 aromatic rings. The number of benzene rings is 2. The quantitative estimate of drug-likeness (QED) is 0.165. The van der Waals surface area contributed by atoms with Gasteiger partial charge in [0, 0.05) is 24.0 Å². The molecular weight excluding hydrogens is 536 g/mol. The van der Waals surface area contributed by atoms with Gasteiger partial charge in [-0.2, -0.15) is 0 Å². The molecule has 0 radical (unpaired) electrons. The van der Waals surface area contributed by atoms with Crippen molar-refractivity contribution >= 4 is 23.4 Å².